The number of hydrogen-bond donors (Lipinski definition) is 2. The number of benzene rings is 2. The van der Waals surface area contributed by atoms with E-state index < -0.39 is 0 Å². The summed E-state index contributed by atoms with van der Waals surface area (Å²) < 4.78 is 0. The second-order valence-electron chi connectivity index (χ2n) is 8.46. The number of nitrogens with one attached hydrogen (secondary N) is 2. The van der Waals surface area contributed by atoms with Crippen molar-refractivity contribution in [3.63, 3.8) is 0 Å². The zero-order valence-corrected chi connectivity index (χ0v) is 18.0. The number of aromatic nitrogens is 3. The van der Waals surface area contributed by atoms with Crippen LogP contribution in [-0.4, -0.2) is 45.1 Å². The molecule has 0 radical (unpaired) electrons. The molecule has 1 unspecified atom stereocenters. The predicted molar refractivity (Wildman–Crippen MR) is 126 cm³/mol. The number of nitrogens with zero attached hydrogens (tertiary/aromatic N) is 3. The molecule has 1 atom stereocenters. The van der Waals surface area contributed by atoms with Crippen LogP contribution in [-0.2, 0) is 6.54 Å². The fourth-order valence-electron chi connectivity index (χ4n) is 4.48. The lowest BCUT2D eigenvalue weighted by atomic mass is 10.1. The number of likely N-dealkylation sites (tertiary alicyclic amines) is 1. The number of carbonyl (C=O) groups is 1. The Kier molecular flexibility index (Phi) is 5.94. The summed E-state index contributed by atoms with van der Waals surface area (Å²) in [5, 5.41) is 11.7. The highest BCUT2D eigenvalue weighted by atomic mass is 16.1. The number of rotatable bonds is 5. The molecule has 5 rings (SSSR count). The van der Waals surface area contributed by atoms with Crippen molar-refractivity contribution in [1.29, 1.82) is 0 Å². The number of pyridine rings is 1. The molecule has 0 aliphatic carbocycles. The standard InChI is InChI=1S/C26H27N5O/c32-26(28-22-8-4-5-15-31(18-22)17-19-6-2-1-3-7-19)21-9-10-24-23(16-21)25(30-29-24)20-11-13-27-14-12-20/h1-3,6-7,9-14,16,22H,4-5,8,15,17-18H2,(H,28,32)(H,29,30). The van der Waals surface area contributed by atoms with Crippen LogP contribution in [0.15, 0.2) is 73.1 Å². The highest BCUT2D eigenvalue weighted by Crippen LogP contribution is 2.26. The van der Waals surface area contributed by atoms with E-state index >= 15 is 0 Å². The summed E-state index contributed by atoms with van der Waals surface area (Å²) in [5.74, 6) is -0.0275. The first-order valence-corrected chi connectivity index (χ1v) is 11.2. The molecule has 1 amide bonds. The molecule has 0 saturated carbocycles. The summed E-state index contributed by atoms with van der Waals surface area (Å²) in [6.07, 6.45) is 6.80. The highest BCUT2D eigenvalue weighted by Gasteiger charge is 2.21. The minimum atomic E-state index is -0.0275. The zero-order valence-electron chi connectivity index (χ0n) is 18.0. The SMILES string of the molecule is O=C(NC1CCCCN(Cc2ccccc2)C1)c1ccc2[nH]nc(-c3ccncc3)c2c1. The lowest BCUT2D eigenvalue weighted by Gasteiger charge is -2.25. The maximum atomic E-state index is 13.1. The van der Waals surface area contributed by atoms with Gasteiger partial charge in [0.2, 0.25) is 0 Å². The van der Waals surface area contributed by atoms with Crippen LogP contribution in [0.25, 0.3) is 22.2 Å². The normalized spacial score (nSPS) is 17.2. The van der Waals surface area contributed by atoms with Crippen molar-refractivity contribution >= 4 is 16.8 Å². The average molecular weight is 426 g/mol. The van der Waals surface area contributed by atoms with E-state index in [0.29, 0.717) is 5.56 Å². The van der Waals surface area contributed by atoms with Crippen molar-refractivity contribution in [2.45, 2.75) is 31.8 Å². The van der Waals surface area contributed by atoms with Crippen LogP contribution >= 0.6 is 0 Å². The quantitative estimate of drug-likeness (QED) is 0.497. The van der Waals surface area contributed by atoms with Crippen LogP contribution < -0.4 is 5.32 Å². The van der Waals surface area contributed by atoms with Gasteiger partial charge in [-0.2, -0.15) is 5.10 Å². The molecule has 3 heterocycles. The molecule has 6 nitrogen and oxygen atoms in total. The van der Waals surface area contributed by atoms with Gasteiger partial charge in [0.25, 0.3) is 5.91 Å². The monoisotopic (exact) mass is 425 g/mol. The molecule has 1 fully saturated rings. The van der Waals surface area contributed by atoms with Crippen LogP contribution in [0.2, 0.25) is 0 Å². The van der Waals surface area contributed by atoms with Crippen LogP contribution in [0.1, 0.15) is 35.2 Å². The first kappa shape index (κ1) is 20.4. The van der Waals surface area contributed by atoms with Crippen LogP contribution in [0, 0.1) is 0 Å². The Morgan fingerprint density at radius 3 is 2.75 bits per heavy atom. The van der Waals surface area contributed by atoms with Gasteiger partial charge in [-0.15, -0.1) is 0 Å². The van der Waals surface area contributed by atoms with Crippen LogP contribution in [0.5, 0.6) is 0 Å². The fraction of sp³-hybridized carbons (Fsp3) is 0.269. The molecule has 2 aromatic carbocycles. The number of hydrogen-bond acceptors (Lipinski definition) is 4. The number of fused-ring (bicyclic) bond motifs is 1. The first-order chi connectivity index (χ1) is 15.8. The minimum Gasteiger partial charge on any atom is -0.348 e. The molecule has 1 aliphatic rings. The Morgan fingerprint density at radius 2 is 1.91 bits per heavy atom. The minimum absolute atomic E-state index is 0.0275. The molecule has 162 valence electrons. The van der Waals surface area contributed by atoms with Crippen molar-refractivity contribution in [3.05, 3.63) is 84.2 Å². The van der Waals surface area contributed by atoms with E-state index in [-0.39, 0.29) is 11.9 Å². The van der Waals surface area contributed by atoms with E-state index in [1.807, 2.05) is 36.4 Å². The fourth-order valence-corrected chi connectivity index (χ4v) is 4.48. The topological polar surface area (TPSA) is 73.9 Å². The highest BCUT2D eigenvalue weighted by molar-refractivity contribution is 6.01. The summed E-state index contributed by atoms with van der Waals surface area (Å²) in [6, 6.07) is 20.3. The molecule has 4 aromatic rings. The molecule has 6 heteroatoms. The average Bonchev–Trinajstić information content (AvgIpc) is 3.14. The third-order valence-corrected chi connectivity index (χ3v) is 6.12. The van der Waals surface area contributed by atoms with Crippen molar-refractivity contribution in [2.24, 2.45) is 0 Å². The zero-order chi connectivity index (χ0) is 21.8. The second kappa shape index (κ2) is 9.32. The summed E-state index contributed by atoms with van der Waals surface area (Å²) in [6.45, 7) is 2.86. The first-order valence-electron chi connectivity index (χ1n) is 11.2. The van der Waals surface area contributed by atoms with Gasteiger partial charge in [-0.05, 0) is 55.3 Å². The Balaban J connectivity index is 1.31. The summed E-state index contributed by atoms with van der Waals surface area (Å²) in [4.78, 5) is 19.7. The lowest BCUT2D eigenvalue weighted by Crippen LogP contribution is -2.42. The molecule has 32 heavy (non-hydrogen) atoms. The molecular formula is C26H27N5O. The third-order valence-electron chi connectivity index (χ3n) is 6.12. The summed E-state index contributed by atoms with van der Waals surface area (Å²) in [5.41, 5.74) is 4.70. The van der Waals surface area contributed by atoms with E-state index in [9.17, 15) is 4.79 Å². The largest absolute Gasteiger partial charge is 0.348 e. The number of amides is 1. The number of aromatic amines is 1. The van der Waals surface area contributed by atoms with Gasteiger partial charge < -0.3 is 5.32 Å². The maximum Gasteiger partial charge on any atom is 0.251 e. The predicted octanol–water partition coefficient (Wildman–Crippen LogP) is 4.41. The number of carbonyl (C=O) groups excluding carboxylic acids is 1. The molecule has 2 N–H and O–H groups in total. The van der Waals surface area contributed by atoms with Gasteiger partial charge in [-0.25, -0.2) is 0 Å². The lowest BCUT2D eigenvalue weighted by molar-refractivity contribution is 0.0925. The van der Waals surface area contributed by atoms with Gasteiger partial charge >= 0.3 is 0 Å². The molecule has 1 aliphatic heterocycles. The van der Waals surface area contributed by atoms with Crippen molar-refractivity contribution < 1.29 is 4.79 Å². The Labute approximate surface area is 187 Å². The van der Waals surface area contributed by atoms with E-state index in [4.69, 9.17) is 0 Å². The maximum absolute atomic E-state index is 13.1. The molecule has 1 saturated heterocycles. The van der Waals surface area contributed by atoms with E-state index in [0.717, 1.165) is 61.1 Å². The van der Waals surface area contributed by atoms with E-state index in [1.165, 1.54) is 5.56 Å². The van der Waals surface area contributed by atoms with Crippen LogP contribution in [0.3, 0.4) is 0 Å². The molecule has 2 aromatic heterocycles. The second-order valence-corrected chi connectivity index (χ2v) is 8.46. The smallest absolute Gasteiger partial charge is 0.251 e. The van der Waals surface area contributed by atoms with Gasteiger partial charge in [0.15, 0.2) is 0 Å². The Bertz CT molecular complexity index is 1190. The van der Waals surface area contributed by atoms with E-state index in [1.54, 1.807) is 12.4 Å². The van der Waals surface area contributed by atoms with Gasteiger partial charge in [0.1, 0.15) is 5.69 Å². The van der Waals surface area contributed by atoms with Crippen molar-refractivity contribution in [2.75, 3.05) is 13.1 Å². The third kappa shape index (κ3) is 4.55. The van der Waals surface area contributed by atoms with Crippen LogP contribution in [0.4, 0.5) is 0 Å². The van der Waals surface area contributed by atoms with Gasteiger partial charge in [0, 0.05) is 48.0 Å². The van der Waals surface area contributed by atoms with Crippen molar-refractivity contribution in [3.8, 4) is 11.3 Å². The molecular weight excluding hydrogens is 398 g/mol. The van der Waals surface area contributed by atoms with E-state index in [2.05, 4.69) is 49.7 Å². The molecule has 0 bridgehead atoms. The van der Waals surface area contributed by atoms with Gasteiger partial charge in [-0.3, -0.25) is 19.8 Å². The van der Waals surface area contributed by atoms with Gasteiger partial charge in [-0.1, -0.05) is 36.8 Å². The van der Waals surface area contributed by atoms with Crippen molar-refractivity contribution in [1.82, 2.24) is 25.4 Å². The number of H-pyrrole nitrogens is 1. The Hall–Kier alpha value is -3.51. The summed E-state index contributed by atoms with van der Waals surface area (Å²) >= 11 is 0. The Morgan fingerprint density at radius 1 is 1.06 bits per heavy atom. The van der Waals surface area contributed by atoms with Gasteiger partial charge in [0.05, 0.1) is 5.52 Å². The molecule has 0 spiro atoms. The summed E-state index contributed by atoms with van der Waals surface area (Å²) in [7, 11) is 0.